The lowest BCUT2D eigenvalue weighted by Gasteiger charge is -2.08. The van der Waals surface area contributed by atoms with Gasteiger partial charge in [-0.25, -0.2) is 4.79 Å². The van der Waals surface area contributed by atoms with Crippen molar-refractivity contribution in [2.24, 2.45) is 10.9 Å². The standard InChI is InChI=1S/C17H17ClN2O3/c1-10-4-5-12(8-11(10)2)17(21)23-20-16(19)14-9-13(18)6-7-15(14)22-3/h4-9H,1-3H3,(H2,19,20). The maximum atomic E-state index is 12.0. The fourth-order valence-corrected chi connectivity index (χ4v) is 2.11. The molecule has 6 heteroatoms. The normalized spacial score (nSPS) is 11.2. The molecule has 0 heterocycles. The summed E-state index contributed by atoms with van der Waals surface area (Å²) in [6, 6.07) is 10.2. The molecule has 2 rings (SSSR count). The molecular weight excluding hydrogens is 316 g/mol. The van der Waals surface area contributed by atoms with E-state index in [0.29, 0.717) is 21.9 Å². The number of carbonyl (C=O) groups excluding carboxylic acids is 1. The van der Waals surface area contributed by atoms with Crippen molar-refractivity contribution in [3.8, 4) is 5.75 Å². The van der Waals surface area contributed by atoms with Crippen LogP contribution < -0.4 is 10.5 Å². The van der Waals surface area contributed by atoms with Crippen LogP contribution in [0.25, 0.3) is 0 Å². The molecule has 0 aliphatic rings. The second-order valence-electron chi connectivity index (χ2n) is 5.00. The first-order chi connectivity index (χ1) is 10.9. The predicted octanol–water partition coefficient (Wildman–Crippen LogP) is 3.44. The van der Waals surface area contributed by atoms with Gasteiger partial charge in [-0.15, -0.1) is 0 Å². The van der Waals surface area contributed by atoms with Crippen LogP contribution in [0.3, 0.4) is 0 Å². The van der Waals surface area contributed by atoms with E-state index < -0.39 is 5.97 Å². The topological polar surface area (TPSA) is 73.9 Å². The molecule has 0 saturated carbocycles. The van der Waals surface area contributed by atoms with E-state index in [0.717, 1.165) is 11.1 Å². The summed E-state index contributed by atoms with van der Waals surface area (Å²) in [6.45, 7) is 3.88. The number of hydrogen-bond donors (Lipinski definition) is 1. The van der Waals surface area contributed by atoms with Crippen LogP contribution in [0.15, 0.2) is 41.6 Å². The third kappa shape index (κ3) is 4.02. The van der Waals surface area contributed by atoms with E-state index in [2.05, 4.69) is 5.16 Å². The zero-order valence-corrected chi connectivity index (χ0v) is 13.8. The lowest BCUT2D eigenvalue weighted by Crippen LogP contribution is -2.16. The van der Waals surface area contributed by atoms with Crippen LogP contribution in [0.5, 0.6) is 5.75 Å². The average Bonchev–Trinajstić information content (AvgIpc) is 2.54. The lowest BCUT2D eigenvalue weighted by molar-refractivity contribution is 0.0516. The third-order valence-electron chi connectivity index (χ3n) is 3.41. The Morgan fingerprint density at radius 3 is 2.52 bits per heavy atom. The van der Waals surface area contributed by atoms with Gasteiger partial charge in [0.25, 0.3) is 0 Å². The van der Waals surface area contributed by atoms with Gasteiger partial charge in [0.15, 0.2) is 5.84 Å². The average molecular weight is 333 g/mol. The molecule has 2 aromatic carbocycles. The van der Waals surface area contributed by atoms with Crippen molar-refractivity contribution in [3.05, 3.63) is 63.7 Å². The Labute approximate surface area is 139 Å². The number of methoxy groups -OCH3 is 1. The number of benzene rings is 2. The van der Waals surface area contributed by atoms with Gasteiger partial charge in [-0.2, -0.15) is 0 Å². The smallest absolute Gasteiger partial charge is 0.365 e. The highest BCUT2D eigenvalue weighted by molar-refractivity contribution is 6.31. The summed E-state index contributed by atoms with van der Waals surface area (Å²) in [4.78, 5) is 16.9. The number of rotatable bonds is 4. The van der Waals surface area contributed by atoms with Crippen molar-refractivity contribution < 1.29 is 14.4 Å². The number of amidine groups is 1. The monoisotopic (exact) mass is 332 g/mol. The fourth-order valence-electron chi connectivity index (χ4n) is 1.94. The highest BCUT2D eigenvalue weighted by Crippen LogP contribution is 2.22. The summed E-state index contributed by atoms with van der Waals surface area (Å²) in [5.41, 5.74) is 8.80. The molecule has 0 aliphatic carbocycles. The maximum absolute atomic E-state index is 12.0. The molecule has 0 fully saturated rings. The maximum Gasteiger partial charge on any atom is 0.365 e. The van der Waals surface area contributed by atoms with Crippen LogP contribution in [0.2, 0.25) is 5.02 Å². The van der Waals surface area contributed by atoms with Gasteiger partial charge in [-0.1, -0.05) is 22.8 Å². The molecule has 0 saturated heterocycles. The number of aryl methyl sites for hydroxylation is 2. The zero-order valence-electron chi connectivity index (χ0n) is 13.1. The molecule has 0 aliphatic heterocycles. The molecule has 0 spiro atoms. The molecule has 0 radical (unpaired) electrons. The summed E-state index contributed by atoms with van der Waals surface area (Å²) in [6.07, 6.45) is 0. The van der Waals surface area contributed by atoms with Gasteiger partial charge < -0.3 is 15.3 Å². The summed E-state index contributed by atoms with van der Waals surface area (Å²) in [5.74, 6) is -0.101. The molecule has 23 heavy (non-hydrogen) atoms. The molecular formula is C17H17ClN2O3. The van der Waals surface area contributed by atoms with Gasteiger partial charge in [-0.05, 0) is 55.3 Å². The summed E-state index contributed by atoms with van der Waals surface area (Å²) in [5, 5.41) is 4.15. The second-order valence-corrected chi connectivity index (χ2v) is 5.44. The molecule has 0 unspecified atom stereocenters. The Kier molecular flexibility index (Phi) is 5.24. The molecule has 120 valence electrons. The SMILES string of the molecule is COc1ccc(Cl)cc1/C(N)=N/OC(=O)c1ccc(C)c(C)c1. The molecule has 5 nitrogen and oxygen atoms in total. The van der Waals surface area contributed by atoms with Gasteiger partial charge in [0.05, 0.1) is 18.2 Å². The number of hydrogen-bond acceptors (Lipinski definition) is 4. The van der Waals surface area contributed by atoms with E-state index in [4.69, 9.17) is 26.9 Å². The Bertz CT molecular complexity index is 772. The van der Waals surface area contributed by atoms with E-state index in [1.807, 2.05) is 19.9 Å². The molecule has 0 bridgehead atoms. The van der Waals surface area contributed by atoms with Crippen LogP contribution >= 0.6 is 11.6 Å². The Hall–Kier alpha value is -2.53. The third-order valence-corrected chi connectivity index (χ3v) is 3.64. The van der Waals surface area contributed by atoms with Gasteiger partial charge in [0.2, 0.25) is 0 Å². The highest BCUT2D eigenvalue weighted by Gasteiger charge is 2.12. The van der Waals surface area contributed by atoms with Gasteiger partial charge in [-0.3, -0.25) is 0 Å². The van der Waals surface area contributed by atoms with E-state index in [-0.39, 0.29) is 5.84 Å². The Balaban J connectivity index is 2.20. The quantitative estimate of drug-likeness (QED) is 0.403. The van der Waals surface area contributed by atoms with Crippen molar-refractivity contribution in [1.29, 1.82) is 0 Å². The van der Waals surface area contributed by atoms with Crippen molar-refractivity contribution in [1.82, 2.24) is 0 Å². The Morgan fingerprint density at radius 2 is 1.87 bits per heavy atom. The summed E-state index contributed by atoms with van der Waals surface area (Å²) >= 11 is 5.93. The zero-order chi connectivity index (χ0) is 17.0. The van der Waals surface area contributed by atoms with E-state index >= 15 is 0 Å². The largest absolute Gasteiger partial charge is 0.496 e. The molecule has 0 amide bonds. The molecule has 2 N–H and O–H groups in total. The van der Waals surface area contributed by atoms with Crippen molar-refractivity contribution in [2.45, 2.75) is 13.8 Å². The predicted molar refractivity (Wildman–Crippen MR) is 90.1 cm³/mol. The van der Waals surface area contributed by atoms with Crippen LogP contribution in [0.4, 0.5) is 0 Å². The number of oxime groups is 1. The first-order valence-electron chi connectivity index (χ1n) is 6.88. The number of nitrogens with zero attached hydrogens (tertiary/aromatic N) is 1. The number of halogens is 1. The minimum atomic E-state index is -0.586. The number of ether oxygens (including phenoxy) is 1. The fraction of sp³-hybridized carbons (Fsp3) is 0.176. The van der Waals surface area contributed by atoms with E-state index in [9.17, 15) is 4.79 Å². The van der Waals surface area contributed by atoms with Gasteiger partial charge in [0, 0.05) is 5.02 Å². The van der Waals surface area contributed by atoms with Gasteiger partial charge in [0.1, 0.15) is 5.75 Å². The summed E-state index contributed by atoms with van der Waals surface area (Å²) in [7, 11) is 1.50. The van der Waals surface area contributed by atoms with Crippen LogP contribution in [-0.2, 0) is 4.84 Å². The Morgan fingerprint density at radius 1 is 1.13 bits per heavy atom. The minimum absolute atomic E-state index is 0.00142. The van der Waals surface area contributed by atoms with Crippen LogP contribution in [0, 0.1) is 13.8 Å². The van der Waals surface area contributed by atoms with Crippen LogP contribution in [0.1, 0.15) is 27.0 Å². The second kappa shape index (κ2) is 7.15. The number of carbonyl (C=O) groups is 1. The number of nitrogens with two attached hydrogens (primary N) is 1. The highest BCUT2D eigenvalue weighted by atomic mass is 35.5. The van der Waals surface area contributed by atoms with Crippen LogP contribution in [-0.4, -0.2) is 18.9 Å². The van der Waals surface area contributed by atoms with Crippen molar-refractivity contribution in [2.75, 3.05) is 7.11 Å². The molecule has 0 aromatic heterocycles. The van der Waals surface area contributed by atoms with E-state index in [1.165, 1.54) is 7.11 Å². The van der Waals surface area contributed by atoms with E-state index in [1.54, 1.807) is 30.3 Å². The van der Waals surface area contributed by atoms with Crippen molar-refractivity contribution >= 4 is 23.4 Å². The first kappa shape index (κ1) is 16.8. The summed E-state index contributed by atoms with van der Waals surface area (Å²) < 4.78 is 5.18. The molecule has 2 aromatic rings. The lowest BCUT2D eigenvalue weighted by atomic mass is 10.1. The molecule has 0 atom stereocenters. The minimum Gasteiger partial charge on any atom is -0.496 e. The van der Waals surface area contributed by atoms with Gasteiger partial charge >= 0.3 is 5.97 Å². The van der Waals surface area contributed by atoms with Crippen molar-refractivity contribution in [3.63, 3.8) is 0 Å². The first-order valence-corrected chi connectivity index (χ1v) is 7.26.